The lowest BCUT2D eigenvalue weighted by molar-refractivity contribution is -0.137. The number of hydrogen-bond acceptors (Lipinski definition) is 4. The average molecular weight is 350 g/mol. The molecule has 1 fully saturated rings. The van der Waals surface area contributed by atoms with E-state index in [0.717, 1.165) is 19.3 Å². The second-order valence-electron chi connectivity index (χ2n) is 6.70. The minimum absolute atomic E-state index is 0.0239. The number of Topliss-reactive ketones (excluding diaryl/α,β-unsaturated/α-hetero) is 1. The van der Waals surface area contributed by atoms with Gasteiger partial charge < -0.3 is 10.2 Å². The number of unbranched alkanes of at least 4 members (excludes halogenated alkanes) is 3. The van der Waals surface area contributed by atoms with Crippen LogP contribution in [0.5, 0.6) is 0 Å². The predicted octanol–water partition coefficient (Wildman–Crippen LogP) is 3.46. The highest BCUT2D eigenvalue weighted by Gasteiger charge is 2.39. The van der Waals surface area contributed by atoms with Gasteiger partial charge in [-0.2, -0.15) is 0 Å². The third kappa shape index (κ3) is 8.25. The summed E-state index contributed by atoms with van der Waals surface area (Å²) < 4.78 is 0. The predicted molar refractivity (Wildman–Crippen MR) is 96.1 cm³/mol. The summed E-state index contributed by atoms with van der Waals surface area (Å²) in [6.07, 6.45) is 11.8. The summed E-state index contributed by atoms with van der Waals surface area (Å²) in [5.41, 5.74) is 0. The molecule has 0 aliphatic heterocycles. The molecule has 0 heterocycles. The Balaban J connectivity index is 2.49. The molecule has 0 spiro atoms. The van der Waals surface area contributed by atoms with Crippen molar-refractivity contribution in [3.8, 4) is 0 Å². The molecular weight excluding hydrogens is 320 g/mol. The van der Waals surface area contributed by atoms with Crippen molar-refractivity contribution >= 4 is 17.5 Å². The molecule has 0 aromatic rings. The molecule has 1 saturated carbocycles. The second kappa shape index (κ2) is 11.7. The summed E-state index contributed by atoms with van der Waals surface area (Å²) in [6.45, 7) is 2.08. The molecule has 3 atom stereocenters. The minimum Gasteiger partial charge on any atom is -0.481 e. The highest BCUT2D eigenvalue weighted by atomic mass is 16.4. The fraction of sp³-hybridized carbons (Fsp3) is 0.650. The molecule has 5 nitrogen and oxygen atoms in total. The Bertz CT molecular complexity index is 506. The van der Waals surface area contributed by atoms with Crippen LogP contribution in [-0.4, -0.2) is 33.9 Å². The van der Waals surface area contributed by atoms with Crippen LogP contribution in [0.3, 0.4) is 0 Å². The van der Waals surface area contributed by atoms with E-state index >= 15 is 0 Å². The van der Waals surface area contributed by atoms with E-state index in [-0.39, 0.29) is 36.2 Å². The zero-order chi connectivity index (χ0) is 18.7. The number of hydrogen-bond donors (Lipinski definition) is 2. The van der Waals surface area contributed by atoms with Gasteiger partial charge in [-0.1, -0.05) is 38.0 Å². The van der Waals surface area contributed by atoms with Crippen molar-refractivity contribution in [2.45, 2.75) is 70.8 Å². The molecule has 0 aromatic heterocycles. The van der Waals surface area contributed by atoms with Gasteiger partial charge in [0.25, 0.3) is 0 Å². The first-order valence-corrected chi connectivity index (χ1v) is 9.24. The van der Waals surface area contributed by atoms with Crippen LogP contribution in [0.15, 0.2) is 24.3 Å². The highest BCUT2D eigenvalue weighted by Crippen LogP contribution is 2.33. The molecular formula is C20H30O5. The highest BCUT2D eigenvalue weighted by molar-refractivity contribution is 5.90. The van der Waals surface area contributed by atoms with Crippen LogP contribution in [0.25, 0.3) is 0 Å². The molecule has 140 valence electrons. The second-order valence-corrected chi connectivity index (χ2v) is 6.70. The fourth-order valence-electron chi connectivity index (χ4n) is 3.11. The lowest BCUT2D eigenvalue weighted by Gasteiger charge is -2.15. The molecule has 0 saturated heterocycles. The van der Waals surface area contributed by atoms with Gasteiger partial charge in [-0.15, -0.1) is 0 Å². The van der Waals surface area contributed by atoms with E-state index in [2.05, 4.69) is 6.92 Å². The van der Waals surface area contributed by atoms with Crippen LogP contribution in [0.2, 0.25) is 0 Å². The van der Waals surface area contributed by atoms with Crippen molar-refractivity contribution < 1.29 is 24.6 Å². The zero-order valence-electron chi connectivity index (χ0n) is 15.0. The summed E-state index contributed by atoms with van der Waals surface area (Å²) in [7, 11) is 0. The van der Waals surface area contributed by atoms with Gasteiger partial charge >= 0.3 is 5.97 Å². The Morgan fingerprint density at radius 3 is 2.60 bits per heavy atom. The monoisotopic (exact) mass is 350 g/mol. The largest absolute Gasteiger partial charge is 0.481 e. The van der Waals surface area contributed by atoms with Crippen LogP contribution in [0.1, 0.15) is 64.7 Å². The Kier molecular flexibility index (Phi) is 10.0. The first kappa shape index (κ1) is 21.3. The molecule has 0 amide bonds. The quantitative estimate of drug-likeness (QED) is 0.319. The van der Waals surface area contributed by atoms with E-state index in [4.69, 9.17) is 5.11 Å². The zero-order valence-corrected chi connectivity index (χ0v) is 15.0. The fourth-order valence-corrected chi connectivity index (χ4v) is 3.11. The number of aliphatic carboxylic acids is 1. The number of carbonyl (C=O) groups excluding carboxylic acids is 2. The van der Waals surface area contributed by atoms with E-state index in [9.17, 15) is 19.5 Å². The van der Waals surface area contributed by atoms with E-state index in [1.165, 1.54) is 6.08 Å². The van der Waals surface area contributed by atoms with E-state index < -0.39 is 12.1 Å². The Morgan fingerprint density at radius 2 is 1.92 bits per heavy atom. The maximum absolute atomic E-state index is 12.1. The molecule has 0 radical (unpaired) electrons. The maximum atomic E-state index is 12.1. The van der Waals surface area contributed by atoms with Gasteiger partial charge in [0.1, 0.15) is 5.78 Å². The average Bonchev–Trinajstić information content (AvgIpc) is 2.82. The van der Waals surface area contributed by atoms with Crippen LogP contribution in [0.4, 0.5) is 0 Å². The van der Waals surface area contributed by atoms with Gasteiger partial charge in [-0.3, -0.25) is 14.4 Å². The van der Waals surface area contributed by atoms with Crippen molar-refractivity contribution in [2.75, 3.05) is 0 Å². The van der Waals surface area contributed by atoms with E-state index in [0.29, 0.717) is 25.7 Å². The molecule has 1 aliphatic rings. The molecule has 1 unspecified atom stereocenters. The first-order valence-electron chi connectivity index (χ1n) is 9.24. The van der Waals surface area contributed by atoms with Crippen molar-refractivity contribution in [3.05, 3.63) is 24.3 Å². The molecule has 5 heteroatoms. The number of carboxylic acids is 1. The minimum atomic E-state index is -0.809. The molecule has 1 rings (SSSR count). The van der Waals surface area contributed by atoms with Gasteiger partial charge in [-0.05, 0) is 31.8 Å². The van der Waals surface area contributed by atoms with Crippen molar-refractivity contribution in [1.82, 2.24) is 0 Å². The summed E-state index contributed by atoms with van der Waals surface area (Å²) in [6, 6.07) is 0. The smallest absolute Gasteiger partial charge is 0.303 e. The Hall–Kier alpha value is -1.75. The SMILES string of the molecule is CCCCCC(=O)C=C[C@H]1C(O)CC(=O)[C@H]1CC=CCCCC(=O)O. The van der Waals surface area contributed by atoms with Crippen LogP contribution >= 0.6 is 0 Å². The number of carbonyl (C=O) groups is 3. The first-order chi connectivity index (χ1) is 12.0. The van der Waals surface area contributed by atoms with Crippen LogP contribution < -0.4 is 0 Å². The van der Waals surface area contributed by atoms with Crippen LogP contribution in [0, 0.1) is 11.8 Å². The lowest BCUT2D eigenvalue weighted by Crippen LogP contribution is -2.18. The molecule has 25 heavy (non-hydrogen) atoms. The number of aliphatic hydroxyl groups excluding tert-OH is 1. The standard InChI is InChI=1S/C20H30O5/c1-2-3-6-9-15(21)12-13-17-16(18(22)14-19(17)23)10-7-4-5-8-11-20(24)25/h4,7,12-13,16-17,19,23H,2-3,5-6,8-11,14H2,1H3,(H,24,25)/t16-,17+,19?/m0/s1. The maximum Gasteiger partial charge on any atom is 0.303 e. The van der Waals surface area contributed by atoms with Gasteiger partial charge in [0.2, 0.25) is 0 Å². The van der Waals surface area contributed by atoms with E-state index in [1.54, 1.807) is 6.08 Å². The lowest BCUT2D eigenvalue weighted by atomic mass is 9.90. The molecule has 0 bridgehead atoms. The number of rotatable bonds is 12. The van der Waals surface area contributed by atoms with Crippen LogP contribution in [-0.2, 0) is 14.4 Å². The third-order valence-corrected chi connectivity index (χ3v) is 4.58. The summed E-state index contributed by atoms with van der Waals surface area (Å²) in [5, 5.41) is 18.7. The molecule has 0 aromatic carbocycles. The number of aliphatic hydroxyl groups is 1. The number of ketones is 2. The van der Waals surface area contributed by atoms with Crippen molar-refractivity contribution in [1.29, 1.82) is 0 Å². The molecule has 1 aliphatic carbocycles. The Morgan fingerprint density at radius 1 is 1.16 bits per heavy atom. The van der Waals surface area contributed by atoms with Gasteiger partial charge in [0.05, 0.1) is 6.10 Å². The van der Waals surface area contributed by atoms with Gasteiger partial charge in [-0.25, -0.2) is 0 Å². The van der Waals surface area contributed by atoms with E-state index in [1.807, 2.05) is 12.2 Å². The number of carboxylic acid groups (broad SMARTS) is 1. The normalized spacial score (nSPS) is 23.8. The number of allylic oxidation sites excluding steroid dienone is 3. The summed E-state index contributed by atoms with van der Waals surface area (Å²) in [5.74, 6) is -1.35. The Labute approximate surface area is 149 Å². The van der Waals surface area contributed by atoms with Gasteiger partial charge in [0.15, 0.2) is 5.78 Å². The van der Waals surface area contributed by atoms with Crippen molar-refractivity contribution in [2.24, 2.45) is 11.8 Å². The van der Waals surface area contributed by atoms with Crippen molar-refractivity contribution in [3.63, 3.8) is 0 Å². The topological polar surface area (TPSA) is 91.7 Å². The summed E-state index contributed by atoms with van der Waals surface area (Å²) >= 11 is 0. The molecule has 2 N–H and O–H groups in total. The summed E-state index contributed by atoms with van der Waals surface area (Å²) in [4.78, 5) is 34.4. The van der Waals surface area contributed by atoms with Gasteiger partial charge in [0, 0.05) is 31.1 Å². The third-order valence-electron chi connectivity index (χ3n) is 4.58.